The molecule has 0 atom stereocenters. The summed E-state index contributed by atoms with van der Waals surface area (Å²) in [5.74, 6) is 0. The van der Waals surface area contributed by atoms with Gasteiger partial charge in [-0.25, -0.2) is 0 Å². The van der Waals surface area contributed by atoms with Crippen LogP contribution in [0.5, 0.6) is 0 Å². The third-order valence-corrected chi connectivity index (χ3v) is 32.9. The van der Waals surface area contributed by atoms with Gasteiger partial charge in [-0.2, -0.15) is 0 Å². The monoisotopic (exact) mass is 1940 g/mol. The van der Waals surface area contributed by atoms with Gasteiger partial charge in [0.2, 0.25) is 0 Å². The topological polar surface area (TPSA) is 28.4 Å². The lowest BCUT2D eigenvalue weighted by molar-refractivity contribution is 1.18. The van der Waals surface area contributed by atoms with Crippen LogP contribution in [0.1, 0.15) is 7.43 Å². The van der Waals surface area contributed by atoms with E-state index in [0.29, 0.717) is 0 Å². The summed E-state index contributed by atoms with van der Waals surface area (Å²) in [5.41, 5.74) is 20.5. The van der Waals surface area contributed by atoms with Crippen molar-refractivity contribution in [2.75, 3.05) is 15.1 Å². The Labute approximate surface area is 815 Å². The number of hydrogen-bond donors (Lipinski definition) is 1. The Morgan fingerprint density at radius 3 is 1.04 bits per heavy atom. The number of aromatic nitrogens is 2. The zero-order valence-electron chi connectivity index (χ0n) is 71.8. The third kappa shape index (κ3) is 14.6. The standard InChI is InChI=1S/C70H43N3S3.C34H19Br2NS.C18H13NS.CH4/c1-4-16-47(17-5-1)71(50-31-35-68-62(41-50)56-24-12-14-26-66(56)74-68)52-36-46(37-53(40-52)72(48-18-6-2-7-19-48)51-30-33-57-54-22-10-13-25-65(54)75-69(57)42-51)44-29-34-63-60(38-44)61-43-59-45(39-64(61)73(63)49-20-8-3-9-21-49)28-32-58-55-23-11-15-27-67(55)76-70(58)59;35-23-14-22(15-24(36)18-23)20-11-13-31-29(16-20)30-19-28-21(17-32(30)37(31)25-6-2-1-3-7-25)10-12-27-26-8-4-5-9-33(26)38-34(27)28;1-2-6-13(7-3-1)19-14-10-11-16-15-8-4-5-9-17(15)20-18(16)12-14;/h1-43H;1-19H;1-12,19H;1H4. The molecule has 0 aliphatic rings. The van der Waals surface area contributed by atoms with Crippen molar-refractivity contribution in [1.29, 1.82) is 0 Å². The maximum atomic E-state index is 3.67. The molecule has 0 saturated carbocycles. The largest absolute Gasteiger partial charge is 0.355 e. The summed E-state index contributed by atoms with van der Waals surface area (Å²) >= 11 is 16.7. The van der Waals surface area contributed by atoms with Gasteiger partial charge < -0.3 is 24.3 Å². The Morgan fingerprint density at radius 2 is 0.556 bits per heavy atom. The first-order valence-corrected chi connectivity index (χ1v) is 50.5. The molecule has 0 saturated heterocycles. The fourth-order valence-corrected chi connectivity index (χ4v) is 27.2. The Kier molecular flexibility index (Phi) is 20.7. The molecule has 0 aliphatic carbocycles. The van der Waals surface area contributed by atoms with E-state index in [4.69, 9.17) is 0 Å². The fraction of sp³-hybridized carbons (Fsp3) is 0.00813. The Morgan fingerprint density at radius 1 is 0.193 bits per heavy atom. The molecule has 0 bridgehead atoms. The average molecular weight is 1950 g/mol. The van der Waals surface area contributed by atoms with Gasteiger partial charge in [0.05, 0.1) is 22.1 Å². The van der Waals surface area contributed by atoms with Gasteiger partial charge in [-0.05, 0) is 251 Å². The van der Waals surface area contributed by atoms with E-state index in [1.165, 1.54) is 183 Å². The van der Waals surface area contributed by atoms with Crippen LogP contribution >= 0.6 is 88.5 Å². The van der Waals surface area contributed by atoms with Gasteiger partial charge in [-0.1, -0.05) is 270 Å². The second-order valence-corrected chi connectivity index (χ2v) is 41.4. The molecule has 12 heteroatoms. The van der Waals surface area contributed by atoms with E-state index >= 15 is 0 Å². The van der Waals surface area contributed by atoms with Crippen molar-refractivity contribution in [1.82, 2.24) is 9.13 Å². The van der Waals surface area contributed by atoms with Crippen LogP contribution in [0.15, 0.2) is 458 Å². The van der Waals surface area contributed by atoms with Gasteiger partial charge in [0, 0.05) is 199 Å². The zero-order chi connectivity index (χ0) is 88.6. The van der Waals surface area contributed by atoms with Gasteiger partial charge in [0.1, 0.15) is 0 Å². The number of anilines is 8. The van der Waals surface area contributed by atoms with E-state index in [1.807, 2.05) is 74.9 Å². The van der Waals surface area contributed by atoms with Crippen molar-refractivity contribution < 1.29 is 0 Å². The number of benzene rings is 21. The van der Waals surface area contributed by atoms with Crippen LogP contribution in [-0.4, -0.2) is 9.13 Å². The van der Waals surface area contributed by atoms with Crippen molar-refractivity contribution in [3.63, 3.8) is 0 Å². The summed E-state index contributed by atoms with van der Waals surface area (Å²) < 4.78 is 20.1. The Hall–Kier alpha value is -14.8. The van der Waals surface area contributed by atoms with Gasteiger partial charge in [0.25, 0.3) is 0 Å². The van der Waals surface area contributed by atoms with Crippen molar-refractivity contribution in [2.45, 2.75) is 7.43 Å². The summed E-state index contributed by atoms with van der Waals surface area (Å²) in [6.07, 6.45) is 0. The van der Waals surface area contributed by atoms with Crippen LogP contribution in [-0.2, 0) is 0 Å². The highest BCUT2D eigenvalue weighted by Crippen LogP contribution is 2.51. The molecule has 640 valence electrons. The van der Waals surface area contributed by atoms with Gasteiger partial charge >= 0.3 is 0 Å². The average Bonchev–Trinajstić information content (AvgIpc) is 1.57. The van der Waals surface area contributed by atoms with Gasteiger partial charge in [-0.15, -0.1) is 56.7 Å². The molecule has 7 heterocycles. The number of para-hydroxylation sites is 5. The van der Waals surface area contributed by atoms with Crippen molar-refractivity contribution in [3.8, 4) is 33.6 Å². The summed E-state index contributed by atoms with van der Waals surface area (Å²) in [5, 5.41) is 26.7. The van der Waals surface area contributed by atoms with E-state index in [9.17, 15) is 0 Å². The van der Waals surface area contributed by atoms with Crippen LogP contribution in [0.2, 0.25) is 0 Å². The van der Waals surface area contributed by atoms with Crippen molar-refractivity contribution >= 4 is 300 Å². The molecule has 135 heavy (non-hydrogen) atoms. The maximum absolute atomic E-state index is 3.67. The third-order valence-electron chi connectivity index (χ3n) is 26.2. The number of nitrogens with zero attached hydrogens (tertiary/aromatic N) is 4. The first kappa shape index (κ1) is 82.1. The number of halogens is 2. The predicted octanol–water partition coefficient (Wildman–Crippen LogP) is 39.6. The lowest BCUT2D eigenvalue weighted by atomic mass is 9.99. The Balaban J connectivity index is 0.000000135. The van der Waals surface area contributed by atoms with Crippen molar-refractivity contribution in [2.24, 2.45) is 0 Å². The number of rotatable bonds is 12. The molecule has 1 N–H and O–H groups in total. The highest BCUT2D eigenvalue weighted by molar-refractivity contribution is 9.11. The van der Waals surface area contributed by atoms with E-state index in [2.05, 4.69) is 487 Å². The minimum absolute atomic E-state index is 0. The van der Waals surface area contributed by atoms with Crippen LogP contribution in [0.25, 0.3) is 200 Å². The second kappa shape index (κ2) is 34.0. The molecule has 0 unspecified atom stereocenters. The fourth-order valence-electron chi connectivity index (χ4n) is 20.1. The van der Waals surface area contributed by atoms with Crippen LogP contribution in [0, 0.1) is 0 Å². The minimum atomic E-state index is 0. The van der Waals surface area contributed by atoms with E-state index < -0.39 is 0 Å². The molecule has 0 radical (unpaired) electrons. The summed E-state index contributed by atoms with van der Waals surface area (Å²) in [7, 11) is 0. The highest BCUT2D eigenvalue weighted by atomic mass is 79.9. The predicted molar refractivity (Wildman–Crippen MR) is 600 cm³/mol. The molecule has 0 amide bonds. The molecular formula is C123H79Br2N5S5. The SMILES string of the molecule is Brc1cc(Br)cc(-c2ccc3c(c2)c2cc4c(ccc5c6ccccc6sc45)cc2n3-c2ccccc2)c1.C.c1ccc(N(c2cc(-c3ccc4c(c3)c3cc5c(ccc6c7ccccc7sc56)cc3n4-c3ccccc3)cc(N(c3ccccc3)c3ccc4sc5ccccc5c4c3)c2)c2ccc3c(c2)sc2ccccc23)cc1.c1ccc(Nc2ccc3c(c2)sc2ccccc23)cc1. The van der Waals surface area contributed by atoms with E-state index in [-0.39, 0.29) is 7.43 Å². The quantitative estimate of drug-likeness (QED) is 0.132. The summed E-state index contributed by atoms with van der Waals surface area (Å²) in [4.78, 5) is 4.89. The lowest BCUT2D eigenvalue weighted by Gasteiger charge is -2.30. The van der Waals surface area contributed by atoms with Crippen LogP contribution in [0.4, 0.5) is 45.5 Å². The van der Waals surface area contributed by atoms with Gasteiger partial charge in [0.15, 0.2) is 0 Å². The van der Waals surface area contributed by atoms with E-state index in [1.54, 1.807) is 0 Å². The lowest BCUT2D eigenvalue weighted by Crippen LogP contribution is -2.13. The highest BCUT2D eigenvalue weighted by Gasteiger charge is 2.26. The second-order valence-electron chi connectivity index (χ2n) is 34.2. The minimum Gasteiger partial charge on any atom is -0.355 e. The molecule has 0 fully saturated rings. The molecule has 5 nitrogen and oxygen atoms in total. The first-order valence-electron chi connectivity index (χ1n) is 44.8. The van der Waals surface area contributed by atoms with Gasteiger partial charge in [-0.3, -0.25) is 0 Å². The molecular weight excluding hydrogens is 1870 g/mol. The van der Waals surface area contributed by atoms with Crippen LogP contribution in [0.3, 0.4) is 0 Å². The first-order chi connectivity index (χ1) is 66.2. The number of hydrogen-bond acceptors (Lipinski definition) is 8. The summed E-state index contributed by atoms with van der Waals surface area (Å²) in [6, 6.07) is 164. The van der Waals surface area contributed by atoms with Crippen LogP contribution < -0.4 is 15.1 Å². The number of thiophene rings is 5. The summed E-state index contributed by atoms with van der Waals surface area (Å²) in [6.45, 7) is 0. The molecule has 28 rings (SSSR count). The molecule has 7 aromatic heterocycles. The molecule has 0 aliphatic heterocycles. The zero-order valence-corrected chi connectivity index (χ0v) is 79.1. The number of fused-ring (bicyclic) bond motifs is 25. The van der Waals surface area contributed by atoms with E-state index in [0.717, 1.165) is 71.3 Å². The number of nitrogens with one attached hydrogen (secondary N) is 1. The molecule has 0 spiro atoms. The molecule has 28 aromatic rings. The Bertz CT molecular complexity index is 9530. The molecule has 21 aromatic carbocycles. The smallest absolute Gasteiger partial charge is 0.0547 e. The normalized spacial score (nSPS) is 11.7. The maximum Gasteiger partial charge on any atom is 0.0547 e. The van der Waals surface area contributed by atoms with Crippen molar-refractivity contribution in [3.05, 3.63) is 458 Å².